The molecule has 0 radical (unpaired) electrons. The number of hydrogen-bond acceptors (Lipinski definition) is 5. The molecule has 2 rings (SSSR count). The zero-order chi connectivity index (χ0) is 14.9. The first-order chi connectivity index (χ1) is 9.37. The van der Waals surface area contributed by atoms with Gasteiger partial charge in [0.05, 0.1) is 12.8 Å². The number of hydrogen-bond donors (Lipinski definition) is 1. The van der Waals surface area contributed by atoms with Crippen molar-refractivity contribution in [1.82, 2.24) is 4.31 Å². The minimum absolute atomic E-state index is 0.0107. The molecule has 1 aromatic rings. The van der Waals surface area contributed by atoms with Crippen molar-refractivity contribution < 1.29 is 17.9 Å². The highest BCUT2D eigenvalue weighted by Gasteiger charge is 2.40. The van der Waals surface area contributed by atoms with E-state index in [0.29, 0.717) is 17.3 Å². The van der Waals surface area contributed by atoms with Crippen molar-refractivity contribution in [2.24, 2.45) is 0 Å². The number of nitrogen functional groups attached to an aromatic ring is 1. The molecule has 0 aliphatic carbocycles. The average Bonchev–Trinajstić information content (AvgIpc) is 2.87. The number of ether oxygens (including phenoxy) is 1. The third-order valence-electron chi connectivity index (χ3n) is 3.24. The van der Waals surface area contributed by atoms with Crippen molar-refractivity contribution in [2.75, 3.05) is 19.4 Å². The Bertz CT molecular complexity index is 632. The van der Waals surface area contributed by atoms with E-state index in [0.717, 1.165) is 0 Å². The van der Waals surface area contributed by atoms with E-state index >= 15 is 0 Å². The maximum Gasteiger partial charge on any atom is 0.324 e. The molecule has 1 saturated heterocycles. The van der Waals surface area contributed by atoms with Gasteiger partial charge in [0.2, 0.25) is 10.0 Å². The highest BCUT2D eigenvalue weighted by atomic mass is 79.9. The highest BCUT2D eigenvalue weighted by Crippen LogP contribution is 2.30. The van der Waals surface area contributed by atoms with Gasteiger partial charge in [-0.05, 0) is 31.0 Å². The topological polar surface area (TPSA) is 89.7 Å². The van der Waals surface area contributed by atoms with Crippen LogP contribution in [0.3, 0.4) is 0 Å². The van der Waals surface area contributed by atoms with E-state index in [2.05, 4.69) is 20.7 Å². The van der Waals surface area contributed by atoms with Gasteiger partial charge in [-0.1, -0.05) is 15.9 Å². The summed E-state index contributed by atoms with van der Waals surface area (Å²) < 4.78 is 31.8. The van der Waals surface area contributed by atoms with Crippen molar-refractivity contribution in [3.8, 4) is 0 Å². The summed E-state index contributed by atoms with van der Waals surface area (Å²) in [4.78, 5) is 11.7. The number of nitrogens with two attached hydrogens (primary N) is 1. The number of methoxy groups -OCH3 is 1. The quantitative estimate of drug-likeness (QED) is 0.647. The van der Waals surface area contributed by atoms with Crippen LogP contribution >= 0.6 is 15.9 Å². The molecule has 0 bridgehead atoms. The van der Waals surface area contributed by atoms with Crippen LogP contribution in [0, 0.1) is 0 Å². The summed E-state index contributed by atoms with van der Waals surface area (Å²) in [6.07, 6.45) is 1.08. The van der Waals surface area contributed by atoms with E-state index in [1.165, 1.54) is 23.5 Å². The van der Waals surface area contributed by atoms with Crippen LogP contribution < -0.4 is 5.73 Å². The fraction of sp³-hybridized carbons (Fsp3) is 0.417. The molecule has 1 unspecified atom stereocenters. The Morgan fingerprint density at radius 3 is 2.80 bits per heavy atom. The first-order valence-corrected chi connectivity index (χ1v) is 8.26. The molecule has 0 amide bonds. The number of sulfonamides is 1. The van der Waals surface area contributed by atoms with Crippen LogP contribution in [0.4, 0.5) is 5.69 Å². The number of benzene rings is 1. The van der Waals surface area contributed by atoms with Crippen LogP contribution in [0.5, 0.6) is 0 Å². The van der Waals surface area contributed by atoms with Gasteiger partial charge < -0.3 is 10.5 Å². The Kier molecular flexibility index (Phi) is 4.36. The van der Waals surface area contributed by atoms with Gasteiger partial charge in [0.25, 0.3) is 0 Å². The summed E-state index contributed by atoms with van der Waals surface area (Å²) >= 11 is 3.23. The smallest absolute Gasteiger partial charge is 0.324 e. The molecule has 0 saturated carbocycles. The van der Waals surface area contributed by atoms with E-state index in [1.54, 1.807) is 6.07 Å². The Morgan fingerprint density at radius 2 is 2.20 bits per heavy atom. The lowest BCUT2D eigenvalue weighted by atomic mass is 10.2. The molecule has 6 nitrogen and oxygen atoms in total. The fourth-order valence-electron chi connectivity index (χ4n) is 2.28. The molecule has 1 atom stereocenters. The lowest BCUT2D eigenvalue weighted by Crippen LogP contribution is -2.41. The van der Waals surface area contributed by atoms with Crippen LogP contribution in [-0.4, -0.2) is 38.4 Å². The predicted molar refractivity (Wildman–Crippen MR) is 77.5 cm³/mol. The maximum absolute atomic E-state index is 12.6. The molecule has 1 fully saturated rings. The molecule has 20 heavy (non-hydrogen) atoms. The molecule has 1 aromatic carbocycles. The number of anilines is 1. The van der Waals surface area contributed by atoms with Gasteiger partial charge >= 0.3 is 5.97 Å². The molecule has 110 valence electrons. The summed E-state index contributed by atoms with van der Waals surface area (Å²) in [5.41, 5.74) is 5.93. The summed E-state index contributed by atoms with van der Waals surface area (Å²) in [5, 5.41) is 0. The Morgan fingerprint density at radius 1 is 1.50 bits per heavy atom. The van der Waals surface area contributed by atoms with Gasteiger partial charge in [0.1, 0.15) is 10.9 Å². The van der Waals surface area contributed by atoms with Crippen molar-refractivity contribution in [3.63, 3.8) is 0 Å². The van der Waals surface area contributed by atoms with Crippen LogP contribution in [-0.2, 0) is 19.6 Å². The van der Waals surface area contributed by atoms with E-state index in [1.807, 2.05) is 0 Å². The number of halogens is 1. The van der Waals surface area contributed by atoms with Crippen molar-refractivity contribution in [2.45, 2.75) is 23.8 Å². The van der Waals surface area contributed by atoms with E-state index < -0.39 is 22.0 Å². The zero-order valence-corrected chi connectivity index (χ0v) is 13.3. The molecule has 8 heteroatoms. The van der Waals surface area contributed by atoms with E-state index in [4.69, 9.17) is 5.73 Å². The van der Waals surface area contributed by atoms with Gasteiger partial charge in [0, 0.05) is 11.0 Å². The summed E-state index contributed by atoms with van der Waals surface area (Å²) in [6.45, 7) is 0.289. The van der Waals surface area contributed by atoms with Crippen molar-refractivity contribution >= 4 is 37.6 Å². The van der Waals surface area contributed by atoms with Crippen LogP contribution in [0.1, 0.15) is 12.8 Å². The molecule has 0 spiro atoms. The van der Waals surface area contributed by atoms with Gasteiger partial charge in [-0.3, -0.25) is 4.79 Å². The highest BCUT2D eigenvalue weighted by molar-refractivity contribution is 9.10. The molecule has 2 N–H and O–H groups in total. The Balaban J connectivity index is 2.41. The van der Waals surface area contributed by atoms with E-state index in [-0.39, 0.29) is 17.1 Å². The minimum atomic E-state index is -3.80. The zero-order valence-electron chi connectivity index (χ0n) is 10.9. The average molecular weight is 363 g/mol. The lowest BCUT2D eigenvalue weighted by Gasteiger charge is -2.22. The van der Waals surface area contributed by atoms with Gasteiger partial charge in [-0.15, -0.1) is 0 Å². The van der Waals surface area contributed by atoms with Crippen LogP contribution in [0.2, 0.25) is 0 Å². The normalized spacial score (nSPS) is 20.0. The Labute approximate surface area is 126 Å². The third-order valence-corrected chi connectivity index (χ3v) is 5.71. The molecule has 1 heterocycles. The number of rotatable bonds is 3. The summed E-state index contributed by atoms with van der Waals surface area (Å²) in [7, 11) is -2.55. The lowest BCUT2D eigenvalue weighted by molar-refractivity contribution is -0.144. The largest absolute Gasteiger partial charge is 0.468 e. The Hall–Kier alpha value is -1.12. The number of carbonyl (C=O) groups is 1. The van der Waals surface area contributed by atoms with Crippen LogP contribution in [0.25, 0.3) is 0 Å². The predicted octanol–water partition coefficient (Wildman–Crippen LogP) is 1.36. The number of nitrogens with zero attached hydrogens (tertiary/aromatic N) is 1. The molecule has 1 aliphatic heterocycles. The van der Waals surface area contributed by atoms with Crippen LogP contribution in [0.15, 0.2) is 27.6 Å². The number of esters is 1. The molecule has 1 aliphatic rings. The van der Waals surface area contributed by atoms with Gasteiger partial charge in [0.15, 0.2) is 0 Å². The molecule has 0 aromatic heterocycles. The monoisotopic (exact) mass is 362 g/mol. The summed E-state index contributed by atoms with van der Waals surface area (Å²) in [6, 6.07) is 3.79. The third kappa shape index (κ3) is 2.68. The van der Waals surface area contributed by atoms with Gasteiger partial charge in [-0.2, -0.15) is 4.31 Å². The SMILES string of the molecule is COC(=O)C1CCCN1S(=O)(=O)c1ccc(Br)cc1N. The minimum Gasteiger partial charge on any atom is -0.468 e. The first-order valence-electron chi connectivity index (χ1n) is 6.02. The summed E-state index contributed by atoms with van der Waals surface area (Å²) in [5.74, 6) is -0.540. The van der Waals surface area contributed by atoms with Crippen molar-refractivity contribution in [1.29, 1.82) is 0 Å². The second-order valence-electron chi connectivity index (χ2n) is 4.48. The first kappa shape index (κ1) is 15.3. The maximum atomic E-state index is 12.6. The number of carbonyl (C=O) groups excluding carboxylic acids is 1. The van der Waals surface area contributed by atoms with Gasteiger partial charge in [-0.25, -0.2) is 8.42 Å². The molecular formula is C12H15BrN2O4S. The molecular weight excluding hydrogens is 348 g/mol. The fourth-order valence-corrected chi connectivity index (χ4v) is 4.40. The second kappa shape index (κ2) is 5.71. The van der Waals surface area contributed by atoms with E-state index in [9.17, 15) is 13.2 Å². The standard InChI is InChI=1S/C12H15BrN2O4S/c1-19-12(16)10-3-2-6-15(10)20(17,18)11-5-4-8(13)7-9(11)14/h4-5,7,10H,2-3,6,14H2,1H3. The van der Waals surface area contributed by atoms with Crippen molar-refractivity contribution in [3.05, 3.63) is 22.7 Å². The second-order valence-corrected chi connectivity index (χ2v) is 7.25.